The highest BCUT2D eigenvalue weighted by molar-refractivity contribution is 5.37. The zero-order valence-corrected chi connectivity index (χ0v) is 13.8. The van der Waals surface area contributed by atoms with Gasteiger partial charge < -0.3 is 19.5 Å². The van der Waals surface area contributed by atoms with E-state index in [1.165, 1.54) is 14.2 Å². The summed E-state index contributed by atoms with van der Waals surface area (Å²) in [6, 6.07) is 10.9. The van der Waals surface area contributed by atoms with Crippen LogP contribution in [-0.2, 0) is 6.54 Å². The van der Waals surface area contributed by atoms with Gasteiger partial charge in [-0.25, -0.2) is 4.98 Å². The van der Waals surface area contributed by atoms with Crippen molar-refractivity contribution in [3.63, 3.8) is 0 Å². The average molecular weight is 339 g/mol. The Hall–Kier alpha value is -3.42. The standard InChI is InChI=1S/C17H17N5O3/c1-23-15-10-16(24-2)22-17(21-15)25-13-6-5-9-18-12(13)11-20-14-7-3-4-8-19-14/h3-10H,11H2,1-2H3,(H,19,20). The molecule has 0 aromatic carbocycles. The number of hydrogen-bond acceptors (Lipinski definition) is 8. The summed E-state index contributed by atoms with van der Waals surface area (Å²) in [5.41, 5.74) is 0.693. The minimum absolute atomic E-state index is 0.114. The molecular formula is C17H17N5O3. The number of nitrogens with zero attached hydrogens (tertiary/aromatic N) is 4. The molecule has 3 aromatic heterocycles. The van der Waals surface area contributed by atoms with E-state index in [1.807, 2.05) is 18.2 Å². The fourth-order valence-electron chi connectivity index (χ4n) is 2.03. The molecule has 0 saturated heterocycles. The third-order valence-electron chi connectivity index (χ3n) is 3.23. The molecule has 0 aliphatic rings. The van der Waals surface area contributed by atoms with Gasteiger partial charge in [-0.15, -0.1) is 0 Å². The summed E-state index contributed by atoms with van der Waals surface area (Å²) in [6.07, 6.45) is 3.41. The number of pyridine rings is 2. The van der Waals surface area contributed by atoms with Crippen LogP contribution in [0.25, 0.3) is 0 Å². The molecule has 0 aliphatic carbocycles. The monoisotopic (exact) mass is 339 g/mol. The quantitative estimate of drug-likeness (QED) is 0.702. The summed E-state index contributed by atoms with van der Waals surface area (Å²) in [4.78, 5) is 16.9. The second-order valence-corrected chi connectivity index (χ2v) is 4.85. The molecule has 0 spiro atoms. The summed E-state index contributed by atoms with van der Waals surface area (Å²) in [5.74, 6) is 1.97. The first kappa shape index (κ1) is 16.4. The number of methoxy groups -OCH3 is 2. The van der Waals surface area contributed by atoms with Gasteiger partial charge in [0.1, 0.15) is 11.5 Å². The third-order valence-corrected chi connectivity index (χ3v) is 3.23. The predicted molar refractivity (Wildman–Crippen MR) is 91.0 cm³/mol. The van der Waals surface area contributed by atoms with E-state index in [0.29, 0.717) is 29.7 Å². The van der Waals surface area contributed by atoms with Crippen molar-refractivity contribution in [1.29, 1.82) is 0 Å². The molecule has 1 N–H and O–H groups in total. The Morgan fingerprint density at radius 1 is 0.920 bits per heavy atom. The van der Waals surface area contributed by atoms with Crippen molar-refractivity contribution in [2.75, 3.05) is 19.5 Å². The highest BCUT2D eigenvalue weighted by Crippen LogP contribution is 2.25. The number of anilines is 1. The summed E-state index contributed by atoms with van der Waals surface area (Å²) in [6.45, 7) is 0.439. The molecule has 25 heavy (non-hydrogen) atoms. The molecule has 0 fully saturated rings. The normalized spacial score (nSPS) is 10.2. The first-order valence-electron chi connectivity index (χ1n) is 7.52. The molecule has 0 aliphatic heterocycles. The Morgan fingerprint density at radius 2 is 1.68 bits per heavy atom. The molecule has 0 bridgehead atoms. The van der Waals surface area contributed by atoms with Crippen LogP contribution in [0.4, 0.5) is 5.82 Å². The molecule has 0 radical (unpaired) electrons. The molecule has 8 nitrogen and oxygen atoms in total. The lowest BCUT2D eigenvalue weighted by Crippen LogP contribution is -2.05. The van der Waals surface area contributed by atoms with Crippen LogP contribution in [0.3, 0.4) is 0 Å². The van der Waals surface area contributed by atoms with E-state index in [2.05, 4.69) is 25.3 Å². The van der Waals surface area contributed by atoms with E-state index in [1.54, 1.807) is 30.6 Å². The molecule has 3 heterocycles. The lowest BCUT2D eigenvalue weighted by atomic mass is 10.3. The van der Waals surface area contributed by atoms with Crippen molar-refractivity contribution in [3.8, 4) is 23.5 Å². The van der Waals surface area contributed by atoms with Gasteiger partial charge in [0, 0.05) is 12.4 Å². The van der Waals surface area contributed by atoms with Gasteiger partial charge in [0.05, 0.1) is 26.8 Å². The Kier molecular flexibility index (Phi) is 5.20. The van der Waals surface area contributed by atoms with Gasteiger partial charge in [0.25, 0.3) is 0 Å². The molecule has 8 heteroatoms. The SMILES string of the molecule is COc1cc(OC)nc(Oc2cccnc2CNc2ccccn2)n1. The van der Waals surface area contributed by atoms with E-state index in [9.17, 15) is 0 Å². The van der Waals surface area contributed by atoms with E-state index >= 15 is 0 Å². The van der Waals surface area contributed by atoms with Crippen molar-refractivity contribution in [3.05, 3.63) is 54.5 Å². The fourth-order valence-corrected chi connectivity index (χ4v) is 2.03. The van der Waals surface area contributed by atoms with Crippen LogP contribution in [0.5, 0.6) is 23.5 Å². The molecule has 0 unspecified atom stereocenters. The number of hydrogen-bond donors (Lipinski definition) is 1. The first-order chi connectivity index (χ1) is 12.3. The largest absolute Gasteiger partial charge is 0.481 e. The maximum absolute atomic E-state index is 5.78. The van der Waals surface area contributed by atoms with E-state index in [0.717, 1.165) is 5.82 Å². The highest BCUT2D eigenvalue weighted by atomic mass is 16.5. The summed E-state index contributed by atoms with van der Waals surface area (Å²) < 4.78 is 16.0. The minimum atomic E-state index is 0.114. The maximum Gasteiger partial charge on any atom is 0.328 e. The minimum Gasteiger partial charge on any atom is -0.481 e. The van der Waals surface area contributed by atoms with Gasteiger partial charge in [-0.2, -0.15) is 9.97 Å². The lowest BCUT2D eigenvalue weighted by molar-refractivity contribution is 0.347. The van der Waals surface area contributed by atoms with Gasteiger partial charge in [0.2, 0.25) is 11.8 Å². The van der Waals surface area contributed by atoms with Crippen LogP contribution in [0.1, 0.15) is 5.69 Å². The Bertz CT molecular complexity index is 807. The number of aromatic nitrogens is 4. The van der Waals surface area contributed by atoms with Crippen LogP contribution in [0.2, 0.25) is 0 Å². The highest BCUT2D eigenvalue weighted by Gasteiger charge is 2.11. The van der Waals surface area contributed by atoms with Gasteiger partial charge in [-0.05, 0) is 24.3 Å². The predicted octanol–water partition coefficient (Wildman–Crippen LogP) is 2.69. The van der Waals surface area contributed by atoms with Gasteiger partial charge in [0.15, 0.2) is 5.75 Å². The molecular weight excluding hydrogens is 322 g/mol. The Morgan fingerprint density at radius 3 is 2.36 bits per heavy atom. The zero-order valence-electron chi connectivity index (χ0n) is 13.8. The van der Waals surface area contributed by atoms with Crippen LogP contribution in [0, 0.1) is 0 Å². The smallest absolute Gasteiger partial charge is 0.328 e. The van der Waals surface area contributed by atoms with E-state index < -0.39 is 0 Å². The number of rotatable bonds is 7. The summed E-state index contributed by atoms with van der Waals surface area (Å²) in [5, 5.41) is 3.19. The second kappa shape index (κ2) is 7.91. The Labute approximate surface area is 144 Å². The van der Waals surface area contributed by atoms with Crippen molar-refractivity contribution >= 4 is 5.82 Å². The van der Waals surface area contributed by atoms with Crippen molar-refractivity contribution in [2.24, 2.45) is 0 Å². The van der Waals surface area contributed by atoms with Crippen molar-refractivity contribution in [1.82, 2.24) is 19.9 Å². The second-order valence-electron chi connectivity index (χ2n) is 4.85. The topological polar surface area (TPSA) is 91.3 Å². The van der Waals surface area contributed by atoms with E-state index in [-0.39, 0.29) is 6.01 Å². The van der Waals surface area contributed by atoms with Crippen molar-refractivity contribution < 1.29 is 14.2 Å². The molecule has 3 aromatic rings. The van der Waals surface area contributed by atoms with Gasteiger partial charge in [-0.1, -0.05) is 6.07 Å². The van der Waals surface area contributed by atoms with Gasteiger partial charge in [-0.3, -0.25) is 4.98 Å². The first-order valence-corrected chi connectivity index (χ1v) is 7.52. The molecule has 0 saturated carbocycles. The van der Waals surface area contributed by atoms with Gasteiger partial charge >= 0.3 is 6.01 Å². The summed E-state index contributed by atoms with van der Waals surface area (Å²) >= 11 is 0. The van der Waals surface area contributed by atoms with Crippen molar-refractivity contribution in [2.45, 2.75) is 6.54 Å². The lowest BCUT2D eigenvalue weighted by Gasteiger charge is -2.11. The molecule has 128 valence electrons. The number of ether oxygens (including phenoxy) is 3. The maximum atomic E-state index is 5.78. The van der Waals surface area contributed by atoms with Crippen LogP contribution >= 0.6 is 0 Å². The zero-order chi connectivity index (χ0) is 17.5. The van der Waals surface area contributed by atoms with Crippen LogP contribution < -0.4 is 19.5 Å². The molecule has 0 amide bonds. The average Bonchev–Trinajstić information content (AvgIpc) is 2.67. The van der Waals surface area contributed by atoms with Crippen LogP contribution in [0.15, 0.2) is 48.8 Å². The van der Waals surface area contributed by atoms with E-state index in [4.69, 9.17) is 14.2 Å². The Balaban J connectivity index is 1.79. The number of nitrogens with one attached hydrogen (secondary N) is 1. The van der Waals surface area contributed by atoms with Crippen LogP contribution in [-0.4, -0.2) is 34.2 Å². The third kappa shape index (κ3) is 4.31. The summed E-state index contributed by atoms with van der Waals surface area (Å²) in [7, 11) is 3.02. The molecule has 3 rings (SSSR count). The molecule has 0 atom stereocenters. The fraction of sp³-hybridized carbons (Fsp3) is 0.176.